The third-order valence-corrected chi connectivity index (χ3v) is 3.55. The van der Waals surface area contributed by atoms with E-state index in [1.807, 2.05) is 6.92 Å². The Labute approximate surface area is 124 Å². The summed E-state index contributed by atoms with van der Waals surface area (Å²) < 4.78 is 15.7. The van der Waals surface area contributed by atoms with Crippen LogP contribution in [-0.4, -0.2) is 20.5 Å². The van der Waals surface area contributed by atoms with Gasteiger partial charge in [-0.05, 0) is 19.8 Å². The maximum Gasteiger partial charge on any atom is 0.217 e. The highest BCUT2D eigenvalue weighted by Gasteiger charge is 2.30. The van der Waals surface area contributed by atoms with E-state index in [9.17, 15) is 9.18 Å². The van der Waals surface area contributed by atoms with Gasteiger partial charge < -0.3 is 0 Å². The fraction of sp³-hybridized carbons (Fsp3) is 0.438. The second-order valence-electron chi connectivity index (χ2n) is 5.02. The molecule has 1 atom stereocenters. The molecule has 0 N–H and O–H groups in total. The van der Waals surface area contributed by atoms with E-state index in [-0.39, 0.29) is 23.5 Å². The minimum absolute atomic E-state index is 0.0566. The van der Waals surface area contributed by atoms with Crippen LogP contribution in [0.2, 0.25) is 0 Å². The van der Waals surface area contributed by atoms with Gasteiger partial charge in [0.05, 0.1) is 6.04 Å². The van der Waals surface area contributed by atoms with Crippen molar-refractivity contribution in [2.45, 2.75) is 45.6 Å². The van der Waals surface area contributed by atoms with E-state index in [0.29, 0.717) is 18.4 Å². The van der Waals surface area contributed by atoms with Crippen LogP contribution in [0.25, 0.3) is 0 Å². The Bertz CT molecular complexity index is 613. The van der Waals surface area contributed by atoms with Crippen LogP contribution in [0.1, 0.15) is 55.6 Å². The van der Waals surface area contributed by atoms with E-state index in [1.54, 1.807) is 23.8 Å². The lowest BCUT2D eigenvalue weighted by Crippen LogP contribution is -2.11. The summed E-state index contributed by atoms with van der Waals surface area (Å²) in [5.74, 6) is 0.650. The fourth-order valence-corrected chi connectivity index (χ4v) is 2.55. The Hall–Kier alpha value is -2.04. The van der Waals surface area contributed by atoms with Gasteiger partial charge in [-0.25, -0.2) is 14.1 Å². The molecular formula is C16H20FN3O. The first-order valence-corrected chi connectivity index (χ1v) is 7.25. The molecule has 1 aromatic heterocycles. The van der Waals surface area contributed by atoms with Crippen molar-refractivity contribution in [3.8, 4) is 0 Å². The molecule has 0 aliphatic carbocycles. The van der Waals surface area contributed by atoms with Gasteiger partial charge in [-0.3, -0.25) is 4.79 Å². The molecule has 4 nitrogen and oxygen atoms in total. The Morgan fingerprint density at radius 2 is 2.33 bits per heavy atom. The summed E-state index contributed by atoms with van der Waals surface area (Å²) in [6, 6.07) is -0.218. The van der Waals surface area contributed by atoms with Crippen LogP contribution in [-0.2, 0) is 6.42 Å². The SMILES string of the molecule is C=C/C=C(\C(F)=C/C)C1CCc2nc(C(=O)CCC)nn21. The van der Waals surface area contributed by atoms with Gasteiger partial charge in [-0.15, -0.1) is 5.10 Å². The minimum atomic E-state index is -0.287. The van der Waals surface area contributed by atoms with Gasteiger partial charge in [0.25, 0.3) is 0 Å². The number of hydrogen-bond donors (Lipinski definition) is 0. The van der Waals surface area contributed by atoms with E-state index in [1.165, 1.54) is 6.08 Å². The molecule has 2 heterocycles. The zero-order chi connectivity index (χ0) is 15.4. The van der Waals surface area contributed by atoms with Crippen LogP contribution in [0.15, 0.2) is 36.2 Å². The largest absolute Gasteiger partial charge is 0.291 e. The summed E-state index contributed by atoms with van der Waals surface area (Å²) in [6.07, 6.45) is 7.28. The van der Waals surface area contributed by atoms with Crippen molar-refractivity contribution in [2.75, 3.05) is 0 Å². The number of fused-ring (bicyclic) bond motifs is 1. The van der Waals surface area contributed by atoms with Crippen LogP contribution in [0.4, 0.5) is 4.39 Å². The van der Waals surface area contributed by atoms with Crippen molar-refractivity contribution >= 4 is 5.78 Å². The molecule has 0 spiro atoms. The topological polar surface area (TPSA) is 47.8 Å². The number of Topliss-reactive ketones (excluding diaryl/α,β-unsaturated/α-hetero) is 1. The average molecular weight is 289 g/mol. The maximum absolute atomic E-state index is 14.0. The van der Waals surface area contributed by atoms with Crippen LogP contribution in [0, 0.1) is 0 Å². The second kappa shape index (κ2) is 6.61. The molecule has 0 saturated carbocycles. The maximum atomic E-state index is 14.0. The molecule has 0 bridgehead atoms. The lowest BCUT2D eigenvalue weighted by molar-refractivity contribution is 0.0971. The van der Waals surface area contributed by atoms with E-state index in [2.05, 4.69) is 16.7 Å². The number of carbonyl (C=O) groups is 1. The van der Waals surface area contributed by atoms with E-state index >= 15 is 0 Å². The highest BCUT2D eigenvalue weighted by atomic mass is 19.1. The molecule has 21 heavy (non-hydrogen) atoms. The zero-order valence-electron chi connectivity index (χ0n) is 12.5. The zero-order valence-corrected chi connectivity index (χ0v) is 12.5. The average Bonchev–Trinajstić information content (AvgIpc) is 3.04. The summed E-state index contributed by atoms with van der Waals surface area (Å²) in [4.78, 5) is 16.2. The number of hydrogen-bond acceptors (Lipinski definition) is 3. The molecule has 0 amide bonds. The number of nitrogens with zero attached hydrogens (tertiary/aromatic N) is 3. The van der Waals surface area contributed by atoms with E-state index < -0.39 is 0 Å². The van der Waals surface area contributed by atoms with Gasteiger partial charge in [0.1, 0.15) is 11.7 Å². The van der Waals surface area contributed by atoms with Crippen molar-refractivity contribution in [1.82, 2.24) is 14.8 Å². The first-order valence-electron chi connectivity index (χ1n) is 7.25. The molecule has 1 unspecified atom stereocenters. The van der Waals surface area contributed by atoms with Crippen molar-refractivity contribution in [3.63, 3.8) is 0 Å². The van der Waals surface area contributed by atoms with Gasteiger partial charge in [0.2, 0.25) is 11.6 Å². The normalized spacial score (nSPS) is 18.7. The van der Waals surface area contributed by atoms with Gasteiger partial charge in [0.15, 0.2) is 0 Å². The molecule has 1 aromatic rings. The van der Waals surface area contributed by atoms with Crippen molar-refractivity contribution in [1.29, 1.82) is 0 Å². The molecule has 0 aromatic carbocycles. The lowest BCUT2D eigenvalue weighted by Gasteiger charge is -2.14. The highest BCUT2D eigenvalue weighted by Crippen LogP contribution is 2.34. The van der Waals surface area contributed by atoms with Crippen LogP contribution >= 0.6 is 0 Å². The monoisotopic (exact) mass is 289 g/mol. The summed E-state index contributed by atoms with van der Waals surface area (Å²) in [7, 11) is 0. The Kier molecular flexibility index (Phi) is 4.83. The van der Waals surface area contributed by atoms with Crippen molar-refractivity contribution in [2.24, 2.45) is 0 Å². The van der Waals surface area contributed by atoms with Gasteiger partial charge in [0, 0.05) is 18.4 Å². The van der Waals surface area contributed by atoms with Crippen LogP contribution < -0.4 is 0 Å². The molecule has 0 radical (unpaired) electrons. The number of halogens is 1. The van der Waals surface area contributed by atoms with E-state index in [4.69, 9.17) is 0 Å². The van der Waals surface area contributed by atoms with Gasteiger partial charge >= 0.3 is 0 Å². The number of ketones is 1. The molecule has 0 saturated heterocycles. The molecule has 1 aliphatic heterocycles. The molecule has 2 rings (SSSR count). The van der Waals surface area contributed by atoms with Gasteiger partial charge in [-0.1, -0.05) is 31.7 Å². The summed E-state index contributed by atoms with van der Waals surface area (Å²) in [6.45, 7) is 7.23. The summed E-state index contributed by atoms with van der Waals surface area (Å²) in [5.41, 5.74) is 0.533. The number of aryl methyl sites for hydroxylation is 1. The van der Waals surface area contributed by atoms with Gasteiger partial charge in [-0.2, -0.15) is 0 Å². The fourth-order valence-electron chi connectivity index (χ4n) is 2.55. The number of allylic oxidation sites excluding steroid dienone is 5. The Morgan fingerprint density at radius 1 is 1.57 bits per heavy atom. The van der Waals surface area contributed by atoms with Crippen LogP contribution in [0.3, 0.4) is 0 Å². The predicted octanol–water partition coefficient (Wildman–Crippen LogP) is 3.73. The quantitative estimate of drug-likeness (QED) is 0.592. The van der Waals surface area contributed by atoms with E-state index in [0.717, 1.165) is 18.7 Å². The van der Waals surface area contributed by atoms with Crippen LogP contribution in [0.5, 0.6) is 0 Å². The summed E-state index contributed by atoms with van der Waals surface area (Å²) >= 11 is 0. The second-order valence-corrected chi connectivity index (χ2v) is 5.02. The molecular weight excluding hydrogens is 269 g/mol. The minimum Gasteiger partial charge on any atom is -0.291 e. The number of rotatable bonds is 6. The Balaban J connectivity index is 2.34. The first-order chi connectivity index (χ1) is 10.1. The smallest absolute Gasteiger partial charge is 0.217 e. The highest BCUT2D eigenvalue weighted by molar-refractivity contribution is 5.92. The molecule has 1 aliphatic rings. The van der Waals surface area contributed by atoms with Crippen molar-refractivity contribution in [3.05, 3.63) is 47.9 Å². The summed E-state index contributed by atoms with van der Waals surface area (Å²) in [5, 5.41) is 4.30. The first kappa shape index (κ1) is 15.4. The third kappa shape index (κ3) is 3.01. The number of carbonyl (C=O) groups excluding carboxylic acids is 1. The van der Waals surface area contributed by atoms with Crippen molar-refractivity contribution < 1.29 is 9.18 Å². The standard InChI is InChI=1S/C16H20FN3O/c1-4-7-11(12(17)6-3)13-9-10-15-18-16(19-20(13)15)14(21)8-5-2/h4,6-7,13H,1,5,8-10H2,2-3H3/b11-7+,12-6+. The predicted molar refractivity (Wildman–Crippen MR) is 79.8 cm³/mol. The third-order valence-electron chi connectivity index (χ3n) is 3.55. The number of aromatic nitrogens is 3. The molecule has 0 fully saturated rings. The molecule has 5 heteroatoms. The lowest BCUT2D eigenvalue weighted by atomic mass is 10.0. The molecule has 112 valence electrons. The Morgan fingerprint density at radius 3 is 2.95 bits per heavy atom.